The average molecular weight is 371 g/mol. The van der Waals surface area contributed by atoms with Gasteiger partial charge in [-0.3, -0.25) is 4.79 Å². The first-order valence-corrected chi connectivity index (χ1v) is 8.49. The zero-order chi connectivity index (χ0) is 20.0. The number of allylic oxidation sites excluding steroid dienone is 2. The van der Waals surface area contributed by atoms with Crippen LogP contribution in [0.5, 0.6) is 5.75 Å². The summed E-state index contributed by atoms with van der Waals surface area (Å²) in [7, 11) is 0. The number of phenolic OH excluding ortho intramolecular Hbond substituents is 1. The number of halogens is 1. The van der Waals surface area contributed by atoms with Crippen LogP contribution < -0.4 is 5.32 Å². The van der Waals surface area contributed by atoms with Crippen LogP contribution in [0.4, 0.5) is 4.39 Å². The average Bonchev–Trinajstić information content (AvgIpc) is 2.60. The van der Waals surface area contributed by atoms with E-state index in [0.717, 1.165) is 5.57 Å². The van der Waals surface area contributed by atoms with Crippen molar-refractivity contribution in [1.29, 1.82) is 0 Å². The second kappa shape index (κ2) is 8.98. The normalized spacial score (nSPS) is 11.5. The first kappa shape index (κ1) is 20.2. The van der Waals surface area contributed by atoms with Gasteiger partial charge in [-0.05, 0) is 61.7 Å². The fourth-order valence-corrected chi connectivity index (χ4v) is 2.55. The van der Waals surface area contributed by atoms with Crippen molar-refractivity contribution in [2.45, 2.75) is 32.7 Å². The van der Waals surface area contributed by atoms with Gasteiger partial charge in [0.2, 0.25) is 0 Å². The Kier molecular flexibility index (Phi) is 6.71. The molecule has 2 aromatic carbocycles. The fourth-order valence-electron chi connectivity index (χ4n) is 2.55. The lowest BCUT2D eigenvalue weighted by molar-refractivity contribution is -0.139. The highest BCUT2D eigenvalue weighted by molar-refractivity contribution is 5.97. The number of carboxylic acids is 1. The number of aliphatic carboxylic acids is 1. The molecule has 0 heterocycles. The number of carbonyl (C=O) groups is 2. The Morgan fingerprint density at radius 1 is 1.19 bits per heavy atom. The summed E-state index contributed by atoms with van der Waals surface area (Å²) >= 11 is 0. The summed E-state index contributed by atoms with van der Waals surface area (Å²) in [6.07, 6.45) is 2.34. The maximum Gasteiger partial charge on any atom is 0.326 e. The van der Waals surface area contributed by atoms with Crippen LogP contribution in [-0.2, 0) is 17.6 Å². The van der Waals surface area contributed by atoms with Gasteiger partial charge in [0.25, 0.3) is 5.91 Å². The molecular formula is C21H22FNO4. The molecule has 1 atom stereocenters. The molecule has 3 N–H and O–H groups in total. The highest BCUT2D eigenvalue weighted by atomic mass is 19.1. The number of carbonyl (C=O) groups excluding carboxylic acids is 1. The minimum atomic E-state index is -1.21. The Bertz CT molecular complexity index is 872. The van der Waals surface area contributed by atoms with Gasteiger partial charge in [0.1, 0.15) is 17.6 Å². The van der Waals surface area contributed by atoms with Gasteiger partial charge in [-0.25, -0.2) is 9.18 Å². The van der Waals surface area contributed by atoms with Gasteiger partial charge in [0.15, 0.2) is 0 Å². The molecule has 2 aromatic rings. The Morgan fingerprint density at radius 3 is 2.56 bits per heavy atom. The third-order valence-electron chi connectivity index (χ3n) is 4.00. The van der Waals surface area contributed by atoms with Crippen molar-refractivity contribution in [3.63, 3.8) is 0 Å². The van der Waals surface area contributed by atoms with E-state index in [4.69, 9.17) is 0 Å². The molecule has 142 valence electrons. The second-order valence-corrected chi connectivity index (χ2v) is 6.53. The van der Waals surface area contributed by atoms with Crippen molar-refractivity contribution < 1.29 is 24.2 Å². The molecule has 0 saturated heterocycles. The van der Waals surface area contributed by atoms with Crippen molar-refractivity contribution in [1.82, 2.24) is 5.32 Å². The van der Waals surface area contributed by atoms with E-state index in [1.54, 1.807) is 6.07 Å². The molecule has 0 aliphatic carbocycles. The Labute approximate surface area is 157 Å². The number of carboxylic acid groups (broad SMARTS) is 1. The molecule has 0 aliphatic heterocycles. The second-order valence-electron chi connectivity index (χ2n) is 6.53. The smallest absolute Gasteiger partial charge is 0.326 e. The monoisotopic (exact) mass is 371 g/mol. The quantitative estimate of drug-likeness (QED) is 0.651. The van der Waals surface area contributed by atoms with Gasteiger partial charge in [-0.2, -0.15) is 0 Å². The third kappa shape index (κ3) is 5.95. The number of rotatable bonds is 7. The zero-order valence-corrected chi connectivity index (χ0v) is 15.2. The molecule has 6 heteroatoms. The van der Waals surface area contributed by atoms with E-state index in [0.29, 0.717) is 17.5 Å². The Morgan fingerprint density at radius 2 is 1.93 bits per heavy atom. The molecule has 1 unspecified atom stereocenters. The van der Waals surface area contributed by atoms with Crippen LogP contribution >= 0.6 is 0 Å². The zero-order valence-electron chi connectivity index (χ0n) is 15.2. The van der Waals surface area contributed by atoms with E-state index in [1.807, 2.05) is 19.9 Å². The largest absolute Gasteiger partial charge is 0.508 e. The maximum atomic E-state index is 13.3. The minimum absolute atomic E-state index is 0.0401. The van der Waals surface area contributed by atoms with E-state index in [-0.39, 0.29) is 17.7 Å². The van der Waals surface area contributed by atoms with Gasteiger partial charge in [-0.1, -0.05) is 23.8 Å². The number of aromatic hydroxyl groups is 1. The first-order chi connectivity index (χ1) is 12.8. The molecule has 0 aliphatic rings. The van der Waals surface area contributed by atoms with Crippen molar-refractivity contribution in [3.8, 4) is 5.75 Å². The van der Waals surface area contributed by atoms with Crippen LogP contribution in [0, 0.1) is 5.82 Å². The van der Waals surface area contributed by atoms with Crippen LogP contribution in [0.25, 0.3) is 0 Å². The number of phenols is 1. The van der Waals surface area contributed by atoms with Crippen molar-refractivity contribution in [3.05, 3.63) is 76.6 Å². The fraction of sp³-hybridized carbons (Fsp3) is 0.238. The number of nitrogens with one attached hydrogen (secondary N) is 1. The standard InChI is InChI=1S/C21H22FNO4/c1-13(2)6-7-15-12-16(8-9-19(15)24)20(25)23-18(21(26)27)11-14-4-3-5-17(22)10-14/h3-6,8-10,12,18,24H,7,11H2,1-2H3,(H,23,25)(H,26,27). The number of benzene rings is 2. The summed E-state index contributed by atoms with van der Waals surface area (Å²) < 4.78 is 13.3. The summed E-state index contributed by atoms with van der Waals surface area (Å²) in [5.41, 5.74) is 2.36. The van der Waals surface area contributed by atoms with Gasteiger partial charge in [-0.15, -0.1) is 0 Å². The molecule has 0 aromatic heterocycles. The molecule has 0 radical (unpaired) electrons. The van der Waals surface area contributed by atoms with Gasteiger partial charge < -0.3 is 15.5 Å². The lowest BCUT2D eigenvalue weighted by Crippen LogP contribution is -2.42. The van der Waals surface area contributed by atoms with Gasteiger partial charge in [0.05, 0.1) is 0 Å². The summed E-state index contributed by atoms with van der Waals surface area (Å²) in [6, 6.07) is 8.76. The summed E-state index contributed by atoms with van der Waals surface area (Å²) in [6.45, 7) is 3.86. The molecule has 1 amide bonds. The minimum Gasteiger partial charge on any atom is -0.508 e. The Hall–Kier alpha value is -3.15. The summed E-state index contributed by atoms with van der Waals surface area (Å²) in [4.78, 5) is 24.0. The molecule has 0 fully saturated rings. The van der Waals surface area contributed by atoms with Crippen LogP contribution in [0.15, 0.2) is 54.1 Å². The molecule has 5 nitrogen and oxygen atoms in total. The van der Waals surface area contributed by atoms with E-state index < -0.39 is 23.7 Å². The third-order valence-corrected chi connectivity index (χ3v) is 4.00. The van der Waals surface area contributed by atoms with E-state index in [2.05, 4.69) is 5.32 Å². The maximum absolute atomic E-state index is 13.3. The molecule has 2 rings (SSSR count). The molecule has 27 heavy (non-hydrogen) atoms. The topological polar surface area (TPSA) is 86.6 Å². The van der Waals surface area contributed by atoms with E-state index in [9.17, 15) is 24.2 Å². The molecular weight excluding hydrogens is 349 g/mol. The van der Waals surface area contributed by atoms with Crippen LogP contribution in [-0.4, -0.2) is 28.1 Å². The lowest BCUT2D eigenvalue weighted by Gasteiger charge is -2.15. The van der Waals surface area contributed by atoms with Crippen molar-refractivity contribution in [2.24, 2.45) is 0 Å². The summed E-state index contributed by atoms with van der Waals surface area (Å²) in [5, 5.41) is 21.8. The van der Waals surface area contributed by atoms with Crippen LogP contribution in [0.1, 0.15) is 35.3 Å². The van der Waals surface area contributed by atoms with Crippen molar-refractivity contribution >= 4 is 11.9 Å². The predicted octanol–water partition coefficient (Wildman–Crippen LogP) is 3.47. The predicted molar refractivity (Wildman–Crippen MR) is 100 cm³/mol. The highest BCUT2D eigenvalue weighted by Gasteiger charge is 2.21. The SMILES string of the molecule is CC(C)=CCc1cc(C(=O)NC(Cc2cccc(F)c2)C(=O)O)ccc1O. The van der Waals surface area contributed by atoms with E-state index in [1.165, 1.54) is 36.4 Å². The molecule has 0 bridgehead atoms. The lowest BCUT2D eigenvalue weighted by atomic mass is 10.0. The summed E-state index contributed by atoms with van der Waals surface area (Å²) in [5.74, 6) is -2.18. The highest BCUT2D eigenvalue weighted by Crippen LogP contribution is 2.20. The Balaban J connectivity index is 2.16. The number of amides is 1. The molecule has 0 spiro atoms. The first-order valence-electron chi connectivity index (χ1n) is 8.49. The van der Waals surface area contributed by atoms with Crippen molar-refractivity contribution in [2.75, 3.05) is 0 Å². The van der Waals surface area contributed by atoms with Crippen LogP contribution in [0.2, 0.25) is 0 Å². The van der Waals surface area contributed by atoms with Gasteiger partial charge in [0, 0.05) is 12.0 Å². The van der Waals surface area contributed by atoms with Gasteiger partial charge >= 0.3 is 5.97 Å². The van der Waals surface area contributed by atoms with E-state index >= 15 is 0 Å². The number of hydrogen-bond donors (Lipinski definition) is 3. The number of hydrogen-bond acceptors (Lipinski definition) is 3. The van der Waals surface area contributed by atoms with Crippen LogP contribution in [0.3, 0.4) is 0 Å². The molecule has 0 saturated carbocycles.